The molecule has 150 valence electrons. The van der Waals surface area contributed by atoms with Crippen LogP contribution < -0.4 is 10.2 Å². The van der Waals surface area contributed by atoms with Crippen molar-refractivity contribution in [3.05, 3.63) is 23.8 Å². The molecule has 3 aliphatic heterocycles. The third-order valence-corrected chi connectivity index (χ3v) is 6.02. The van der Waals surface area contributed by atoms with Gasteiger partial charge in [-0.25, -0.2) is 0 Å². The largest absolute Gasteiger partial charge is 0.466 e. The molecule has 0 aliphatic carbocycles. The lowest BCUT2D eigenvalue weighted by molar-refractivity contribution is -0.149. The third kappa shape index (κ3) is 3.45. The van der Waals surface area contributed by atoms with E-state index in [1.807, 2.05) is 12.1 Å². The van der Waals surface area contributed by atoms with Crippen LogP contribution in [0.5, 0.6) is 0 Å². The van der Waals surface area contributed by atoms with Gasteiger partial charge in [-0.05, 0) is 57.2 Å². The predicted molar refractivity (Wildman–Crippen MR) is 105 cm³/mol. The molecule has 0 aromatic heterocycles. The van der Waals surface area contributed by atoms with Gasteiger partial charge in [-0.3, -0.25) is 14.4 Å². The van der Waals surface area contributed by atoms with Gasteiger partial charge in [0.1, 0.15) is 6.04 Å². The third-order valence-electron chi connectivity index (χ3n) is 6.02. The molecular weight excluding hydrogens is 358 g/mol. The Kier molecular flexibility index (Phi) is 5.24. The monoisotopic (exact) mass is 385 g/mol. The number of amides is 2. The van der Waals surface area contributed by atoms with Gasteiger partial charge in [0.15, 0.2) is 0 Å². The van der Waals surface area contributed by atoms with Crippen molar-refractivity contribution in [2.45, 2.75) is 45.1 Å². The quantitative estimate of drug-likeness (QED) is 0.809. The van der Waals surface area contributed by atoms with Crippen LogP contribution in [0.25, 0.3) is 0 Å². The van der Waals surface area contributed by atoms with Crippen LogP contribution in [-0.4, -0.2) is 55.0 Å². The van der Waals surface area contributed by atoms with Crippen molar-refractivity contribution in [1.29, 1.82) is 0 Å². The molecule has 3 aliphatic rings. The molecule has 2 amide bonds. The predicted octanol–water partition coefficient (Wildman–Crippen LogP) is 2.41. The average molecular weight is 385 g/mol. The number of anilines is 2. The van der Waals surface area contributed by atoms with E-state index in [-0.39, 0.29) is 29.7 Å². The maximum Gasteiger partial charge on any atom is 0.309 e. The fourth-order valence-electron chi connectivity index (χ4n) is 4.49. The number of carbonyl (C=O) groups excluding carboxylic acids is 3. The number of nitrogens with one attached hydrogen (secondary N) is 1. The molecule has 28 heavy (non-hydrogen) atoms. The molecule has 1 N–H and O–H groups in total. The van der Waals surface area contributed by atoms with Crippen molar-refractivity contribution >= 4 is 29.2 Å². The minimum absolute atomic E-state index is 0.0204. The van der Waals surface area contributed by atoms with Crippen molar-refractivity contribution < 1.29 is 19.1 Å². The van der Waals surface area contributed by atoms with Crippen LogP contribution in [0.4, 0.5) is 11.4 Å². The van der Waals surface area contributed by atoms with Crippen LogP contribution in [0.15, 0.2) is 18.2 Å². The first-order valence-corrected chi connectivity index (χ1v) is 10.3. The zero-order chi connectivity index (χ0) is 19.7. The lowest BCUT2D eigenvalue weighted by Gasteiger charge is -2.41. The maximum atomic E-state index is 12.9. The number of carbonyl (C=O) groups is 3. The molecule has 1 atom stereocenters. The summed E-state index contributed by atoms with van der Waals surface area (Å²) in [6.07, 6.45) is 4.28. The van der Waals surface area contributed by atoms with Crippen molar-refractivity contribution in [2.75, 3.05) is 36.5 Å². The summed E-state index contributed by atoms with van der Waals surface area (Å²) in [6, 6.07) is 5.50. The van der Waals surface area contributed by atoms with E-state index in [0.717, 1.165) is 37.2 Å². The number of hydrogen-bond acceptors (Lipinski definition) is 5. The fraction of sp³-hybridized carbons (Fsp3) is 0.571. The highest BCUT2D eigenvalue weighted by Crippen LogP contribution is 2.36. The fourth-order valence-corrected chi connectivity index (χ4v) is 4.49. The highest BCUT2D eigenvalue weighted by Gasteiger charge is 2.35. The minimum atomic E-state index is -0.165. The van der Waals surface area contributed by atoms with Crippen LogP contribution in [0.2, 0.25) is 0 Å². The van der Waals surface area contributed by atoms with E-state index >= 15 is 0 Å². The van der Waals surface area contributed by atoms with E-state index in [2.05, 4.69) is 10.2 Å². The summed E-state index contributed by atoms with van der Waals surface area (Å²) in [5, 5.41) is 2.98. The van der Waals surface area contributed by atoms with E-state index in [1.54, 1.807) is 17.9 Å². The number of esters is 1. The zero-order valence-corrected chi connectivity index (χ0v) is 16.3. The van der Waals surface area contributed by atoms with Gasteiger partial charge in [-0.1, -0.05) is 0 Å². The topological polar surface area (TPSA) is 79.0 Å². The van der Waals surface area contributed by atoms with Gasteiger partial charge < -0.3 is 19.9 Å². The number of hydrogen-bond donors (Lipinski definition) is 1. The molecule has 1 aromatic carbocycles. The molecule has 3 heterocycles. The Bertz CT molecular complexity index is 786. The second kappa shape index (κ2) is 7.81. The number of nitrogens with zero attached hydrogens (tertiary/aromatic N) is 2. The van der Waals surface area contributed by atoms with Gasteiger partial charge >= 0.3 is 5.97 Å². The molecule has 0 bridgehead atoms. The minimum Gasteiger partial charge on any atom is -0.466 e. The van der Waals surface area contributed by atoms with Gasteiger partial charge in [0, 0.05) is 25.2 Å². The van der Waals surface area contributed by atoms with E-state index in [0.29, 0.717) is 38.1 Å². The number of piperidine rings is 2. The average Bonchev–Trinajstić information content (AvgIpc) is 2.73. The van der Waals surface area contributed by atoms with E-state index in [4.69, 9.17) is 4.74 Å². The second-order valence-electron chi connectivity index (χ2n) is 7.74. The van der Waals surface area contributed by atoms with Gasteiger partial charge in [0.25, 0.3) is 5.91 Å². The van der Waals surface area contributed by atoms with Crippen LogP contribution in [-0.2, 0) is 14.3 Å². The van der Waals surface area contributed by atoms with Gasteiger partial charge in [0.2, 0.25) is 5.91 Å². The lowest BCUT2D eigenvalue weighted by Crippen LogP contribution is -2.50. The summed E-state index contributed by atoms with van der Waals surface area (Å²) in [4.78, 5) is 41.2. The zero-order valence-electron chi connectivity index (χ0n) is 16.3. The summed E-state index contributed by atoms with van der Waals surface area (Å²) in [5.74, 6) is -0.322. The highest BCUT2D eigenvalue weighted by atomic mass is 16.5. The molecule has 4 rings (SSSR count). The van der Waals surface area contributed by atoms with E-state index in [1.165, 1.54) is 0 Å². The maximum absolute atomic E-state index is 12.9. The van der Waals surface area contributed by atoms with Crippen molar-refractivity contribution in [1.82, 2.24) is 4.90 Å². The molecule has 0 radical (unpaired) electrons. The molecule has 7 nitrogen and oxygen atoms in total. The Labute approximate surface area is 165 Å². The Morgan fingerprint density at radius 3 is 2.68 bits per heavy atom. The number of ether oxygens (including phenoxy) is 1. The Morgan fingerprint density at radius 1 is 1.14 bits per heavy atom. The number of likely N-dealkylation sites (tertiary alicyclic amines) is 1. The van der Waals surface area contributed by atoms with Crippen LogP contribution in [0, 0.1) is 5.92 Å². The SMILES string of the molecule is CCOC(=O)C1CCN(C(=O)c2ccc3c(c2)NC(=O)[C@@H]2CCCCN32)CC1. The number of benzene rings is 1. The lowest BCUT2D eigenvalue weighted by atomic mass is 9.95. The summed E-state index contributed by atoms with van der Waals surface area (Å²) in [6.45, 7) is 4.15. The highest BCUT2D eigenvalue weighted by molar-refractivity contribution is 6.05. The molecule has 1 aromatic rings. The van der Waals surface area contributed by atoms with E-state index < -0.39 is 0 Å². The molecular formula is C21H27N3O4. The molecule has 7 heteroatoms. The Hall–Kier alpha value is -2.57. The molecule has 0 spiro atoms. The first-order chi connectivity index (χ1) is 13.6. The van der Waals surface area contributed by atoms with Crippen LogP contribution in [0.1, 0.15) is 49.4 Å². The summed E-state index contributed by atoms with van der Waals surface area (Å²) < 4.78 is 5.09. The van der Waals surface area contributed by atoms with E-state index in [9.17, 15) is 14.4 Å². The van der Waals surface area contributed by atoms with Crippen LogP contribution >= 0.6 is 0 Å². The molecule has 2 saturated heterocycles. The van der Waals surface area contributed by atoms with Gasteiger partial charge in [0.05, 0.1) is 23.9 Å². The number of fused-ring (bicyclic) bond motifs is 3. The van der Waals surface area contributed by atoms with Crippen molar-refractivity contribution in [3.8, 4) is 0 Å². The van der Waals surface area contributed by atoms with Crippen LogP contribution in [0.3, 0.4) is 0 Å². The standard InChI is InChI=1S/C21H27N3O4/c1-2-28-21(27)14-8-11-23(12-9-14)20(26)15-6-7-17-16(13-15)22-19(25)18-5-3-4-10-24(17)18/h6-7,13-14,18H,2-5,8-12H2,1H3,(H,22,25)/t18-/m0/s1. The normalized spacial score (nSPS) is 22.2. The second-order valence-corrected chi connectivity index (χ2v) is 7.74. The number of rotatable bonds is 3. The first-order valence-electron chi connectivity index (χ1n) is 10.3. The van der Waals surface area contributed by atoms with Crippen molar-refractivity contribution in [2.24, 2.45) is 5.92 Å². The Balaban J connectivity index is 1.46. The summed E-state index contributed by atoms with van der Waals surface area (Å²) in [5.41, 5.74) is 2.29. The first kappa shape index (κ1) is 18.8. The smallest absolute Gasteiger partial charge is 0.309 e. The summed E-state index contributed by atoms with van der Waals surface area (Å²) >= 11 is 0. The summed E-state index contributed by atoms with van der Waals surface area (Å²) in [7, 11) is 0. The molecule has 0 unspecified atom stereocenters. The molecule has 2 fully saturated rings. The van der Waals surface area contributed by atoms with Crippen molar-refractivity contribution in [3.63, 3.8) is 0 Å². The Morgan fingerprint density at radius 2 is 1.93 bits per heavy atom. The van der Waals surface area contributed by atoms with Gasteiger partial charge in [-0.15, -0.1) is 0 Å². The van der Waals surface area contributed by atoms with Gasteiger partial charge in [-0.2, -0.15) is 0 Å². The molecule has 0 saturated carbocycles.